The summed E-state index contributed by atoms with van der Waals surface area (Å²) in [6.07, 6.45) is 6.52. The molecule has 0 aromatic carbocycles. The smallest absolute Gasteiger partial charge is 0.111 e. The van der Waals surface area contributed by atoms with Gasteiger partial charge in [-0.1, -0.05) is 13.8 Å². The van der Waals surface area contributed by atoms with E-state index in [-0.39, 0.29) is 0 Å². The van der Waals surface area contributed by atoms with Crippen LogP contribution in [0.25, 0.3) is 0 Å². The van der Waals surface area contributed by atoms with Gasteiger partial charge in [-0.3, -0.25) is 0 Å². The molecule has 0 spiro atoms. The van der Waals surface area contributed by atoms with Gasteiger partial charge in [0.2, 0.25) is 0 Å². The zero-order valence-electron chi connectivity index (χ0n) is 9.03. The minimum atomic E-state index is 0.528. The highest BCUT2D eigenvalue weighted by molar-refractivity contribution is 5.00. The summed E-state index contributed by atoms with van der Waals surface area (Å²) in [4.78, 5) is 4.43. The van der Waals surface area contributed by atoms with Gasteiger partial charge in [0.1, 0.15) is 5.82 Å². The molecule has 1 aromatic heterocycles. The Balaban J connectivity index is 2.17. The lowest BCUT2D eigenvalue weighted by atomic mass is 10.1. The Morgan fingerprint density at radius 1 is 1.43 bits per heavy atom. The van der Waals surface area contributed by atoms with Crippen LogP contribution in [0.4, 0.5) is 0 Å². The van der Waals surface area contributed by atoms with Gasteiger partial charge in [0.15, 0.2) is 0 Å². The van der Waals surface area contributed by atoms with Gasteiger partial charge in [-0.2, -0.15) is 0 Å². The van der Waals surface area contributed by atoms with Gasteiger partial charge in [0.25, 0.3) is 0 Å². The number of hydrogen-bond donors (Lipinski definition) is 1. The standard InChI is InChI=1S/C11H19N3/c1-9(2)11-13-7-8-14(11)10-3-5-12-6-4-10/h7-10,12H,3-6H2,1-2H3. The molecule has 0 amide bonds. The van der Waals surface area contributed by atoms with E-state index in [2.05, 4.69) is 34.9 Å². The van der Waals surface area contributed by atoms with E-state index in [0.29, 0.717) is 12.0 Å². The maximum absolute atomic E-state index is 4.43. The molecule has 0 aliphatic carbocycles. The first-order valence-electron chi connectivity index (χ1n) is 5.52. The Morgan fingerprint density at radius 3 is 2.79 bits per heavy atom. The van der Waals surface area contributed by atoms with Crippen LogP contribution in [0.1, 0.15) is 44.5 Å². The van der Waals surface area contributed by atoms with Crippen molar-refractivity contribution in [2.45, 2.75) is 38.6 Å². The van der Waals surface area contributed by atoms with Gasteiger partial charge in [0.05, 0.1) is 0 Å². The van der Waals surface area contributed by atoms with E-state index in [0.717, 1.165) is 13.1 Å². The van der Waals surface area contributed by atoms with Crippen molar-refractivity contribution in [2.24, 2.45) is 0 Å². The SMILES string of the molecule is CC(C)c1nccn1C1CCNCC1. The molecule has 0 saturated carbocycles. The lowest BCUT2D eigenvalue weighted by molar-refractivity contribution is 0.357. The van der Waals surface area contributed by atoms with Gasteiger partial charge >= 0.3 is 0 Å². The van der Waals surface area contributed by atoms with Gasteiger partial charge in [-0.15, -0.1) is 0 Å². The number of aromatic nitrogens is 2. The van der Waals surface area contributed by atoms with Crippen LogP contribution in [0.3, 0.4) is 0 Å². The Hall–Kier alpha value is -0.830. The van der Waals surface area contributed by atoms with Gasteiger partial charge in [-0.05, 0) is 25.9 Å². The minimum absolute atomic E-state index is 0.528. The van der Waals surface area contributed by atoms with Crippen LogP contribution in [0.2, 0.25) is 0 Å². The summed E-state index contributed by atoms with van der Waals surface area (Å²) in [5.41, 5.74) is 0. The third kappa shape index (κ3) is 1.82. The largest absolute Gasteiger partial charge is 0.332 e. The van der Waals surface area contributed by atoms with Crippen molar-refractivity contribution < 1.29 is 0 Å². The Bertz CT molecular complexity index is 284. The molecule has 0 atom stereocenters. The number of nitrogens with one attached hydrogen (secondary N) is 1. The van der Waals surface area contributed by atoms with Crippen LogP contribution < -0.4 is 5.32 Å². The van der Waals surface area contributed by atoms with Gasteiger partial charge < -0.3 is 9.88 Å². The van der Waals surface area contributed by atoms with E-state index in [1.54, 1.807) is 0 Å². The lowest BCUT2D eigenvalue weighted by Crippen LogP contribution is -2.30. The molecule has 1 fully saturated rings. The Labute approximate surface area is 85.5 Å². The molecule has 3 nitrogen and oxygen atoms in total. The summed E-state index contributed by atoms with van der Waals surface area (Å²) < 4.78 is 2.37. The van der Waals surface area contributed by atoms with Crippen molar-refractivity contribution in [2.75, 3.05) is 13.1 Å². The number of rotatable bonds is 2. The van der Waals surface area contributed by atoms with Crippen molar-refractivity contribution in [1.82, 2.24) is 14.9 Å². The van der Waals surface area contributed by atoms with Crippen molar-refractivity contribution in [3.05, 3.63) is 18.2 Å². The number of nitrogens with zero attached hydrogens (tertiary/aromatic N) is 2. The molecular weight excluding hydrogens is 174 g/mol. The van der Waals surface area contributed by atoms with Crippen molar-refractivity contribution in [1.29, 1.82) is 0 Å². The number of imidazole rings is 1. The molecule has 1 aromatic rings. The lowest BCUT2D eigenvalue weighted by Gasteiger charge is -2.26. The fourth-order valence-electron chi connectivity index (χ4n) is 2.17. The molecule has 2 rings (SSSR count). The van der Waals surface area contributed by atoms with E-state index in [1.807, 2.05) is 6.20 Å². The highest BCUT2D eigenvalue weighted by atomic mass is 15.1. The Kier molecular flexibility index (Phi) is 2.87. The minimum Gasteiger partial charge on any atom is -0.332 e. The molecule has 1 aliphatic rings. The second-order valence-electron chi connectivity index (χ2n) is 4.33. The molecule has 78 valence electrons. The summed E-state index contributed by atoms with van der Waals surface area (Å²) in [6, 6.07) is 0.663. The predicted molar refractivity (Wildman–Crippen MR) is 57.5 cm³/mol. The van der Waals surface area contributed by atoms with Crippen LogP contribution in [-0.4, -0.2) is 22.6 Å². The molecule has 2 heterocycles. The second kappa shape index (κ2) is 4.13. The maximum Gasteiger partial charge on any atom is 0.111 e. The molecule has 0 radical (unpaired) electrons. The average Bonchev–Trinajstić information content (AvgIpc) is 2.67. The monoisotopic (exact) mass is 193 g/mol. The topological polar surface area (TPSA) is 29.9 Å². The van der Waals surface area contributed by atoms with Crippen molar-refractivity contribution in [3.63, 3.8) is 0 Å². The quantitative estimate of drug-likeness (QED) is 0.777. The van der Waals surface area contributed by atoms with Crippen LogP contribution in [0.5, 0.6) is 0 Å². The van der Waals surface area contributed by atoms with E-state index in [9.17, 15) is 0 Å². The normalized spacial score (nSPS) is 19.1. The summed E-state index contributed by atoms with van der Waals surface area (Å²) in [6.45, 7) is 6.70. The van der Waals surface area contributed by atoms with Crippen molar-refractivity contribution >= 4 is 0 Å². The third-order valence-electron chi connectivity index (χ3n) is 2.92. The van der Waals surface area contributed by atoms with Gasteiger partial charge in [-0.25, -0.2) is 4.98 Å². The van der Waals surface area contributed by atoms with Crippen LogP contribution in [-0.2, 0) is 0 Å². The van der Waals surface area contributed by atoms with Crippen LogP contribution in [0.15, 0.2) is 12.4 Å². The van der Waals surface area contributed by atoms with Crippen LogP contribution in [0, 0.1) is 0 Å². The second-order valence-corrected chi connectivity index (χ2v) is 4.33. The molecule has 14 heavy (non-hydrogen) atoms. The summed E-state index contributed by atoms with van der Waals surface area (Å²) >= 11 is 0. The number of piperidine rings is 1. The average molecular weight is 193 g/mol. The third-order valence-corrected chi connectivity index (χ3v) is 2.92. The fraction of sp³-hybridized carbons (Fsp3) is 0.727. The molecule has 0 unspecified atom stereocenters. The first-order chi connectivity index (χ1) is 6.79. The highest BCUT2D eigenvalue weighted by Crippen LogP contribution is 2.23. The molecule has 3 heteroatoms. The van der Waals surface area contributed by atoms with E-state index >= 15 is 0 Å². The summed E-state index contributed by atoms with van der Waals surface area (Å²) in [5.74, 6) is 1.76. The van der Waals surface area contributed by atoms with Crippen molar-refractivity contribution in [3.8, 4) is 0 Å². The zero-order chi connectivity index (χ0) is 9.97. The van der Waals surface area contributed by atoms with Crippen LogP contribution >= 0.6 is 0 Å². The molecule has 0 bridgehead atoms. The first-order valence-corrected chi connectivity index (χ1v) is 5.52. The van der Waals surface area contributed by atoms with E-state index in [4.69, 9.17) is 0 Å². The maximum atomic E-state index is 4.43. The number of hydrogen-bond acceptors (Lipinski definition) is 2. The molecule has 1 N–H and O–H groups in total. The van der Waals surface area contributed by atoms with E-state index in [1.165, 1.54) is 18.7 Å². The Morgan fingerprint density at radius 2 is 2.14 bits per heavy atom. The molecule has 1 aliphatic heterocycles. The summed E-state index contributed by atoms with van der Waals surface area (Å²) in [5, 5.41) is 3.39. The zero-order valence-corrected chi connectivity index (χ0v) is 9.03. The first kappa shape index (κ1) is 9.71. The van der Waals surface area contributed by atoms with E-state index < -0.39 is 0 Å². The molecular formula is C11H19N3. The summed E-state index contributed by atoms with van der Waals surface area (Å²) in [7, 11) is 0. The highest BCUT2D eigenvalue weighted by Gasteiger charge is 2.18. The van der Waals surface area contributed by atoms with Gasteiger partial charge in [0, 0.05) is 24.4 Å². The fourth-order valence-corrected chi connectivity index (χ4v) is 2.17. The predicted octanol–water partition coefficient (Wildman–Crippen LogP) is 1.93. The molecule has 1 saturated heterocycles.